The van der Waals surface area contributed by atoms with Gasteiger partial charge in [-0.25, -0.2) is 4.98 Å². The lowest BCUT2D eigenvalue weighted by Gasteiger charge is -2.09. The minimum atomic E-state index is -4.48. The molecule has 3 aromatic rings. The molecule has 0 fully saturated rings. The van der Waals surface area contributed by atoms with Gasteiger partial charge in [0.15, 0.2) is 0 Å². The quantitative estimate of drug-likeness (QED) is 0.400. The first kappa shape index (κ1) is 20.8. The average Bonchev–Trinajstić information content (AvgIpc) is 3.20. The van der Waals surface area contributed by atoms with E-state index < -0.39 is 11.7 Å². The number of hydrogen-bond acceptors (Lipinski definition) is 3. The van der Waals surface area contributed by atoms with E-state index in [1.807, 2.05) is 23.6 Å². The van der Waals surface area contributed by atoms with Gasteiger partial charge in [-0.3, -0.25) is 0 Å². The molecule has 0 amide bonds. The Labute approximate surface area is 172 Å². The lowest BCUT2D eigenvalue weighted by atomic mass is 10.0. The molecule has 0 saturated carbocycles. The predicted octanol–water partition coefficient (Wildman–Crippen LogP) is 7.24. The summed E-state index contributed by atoms with van der Waals surface area (Å²) in [6.45, 7) is 2.15. The van der Waals surface area contributed by atoms with Gasteiger partial charge in [0, 0.05) is 10.9 Å². The van der Waals surface area contributed by atoms with Crippen molar-refractivity contribution >= 4 is 23.0 Å². The summed E-state index contributed by atoms with van der Waals surface area (Å²) in [5.41, 5.74) is 2.17. The Bertz CT molecular complexity index is 1040. The zero-order valence-electron chi connectivity index (χ0n) is 15.8. The van der Waals surface area contributed by atoms with Crippen LogP contribution in [0.2, 0.25) is 0 Å². The number of alkyl halides is 3. The summed E-state index contributed by atoms with van der Waals surface area (Å²) in [5, 5.41) is 11.7. The number of halogens is 3. The molecule has 0 unspecified atom stereocenters. The second kappa shape index (κ2) is 9.06. The van der Waals surface area contributed by atoms with Crippen molar-refractivity contribution in [1.82, 2.24) is 4.98 Å². The molecule has 1 aromatic heterocycles. The van der Waals surface area contributed by atoms with Gasteiger partial charge in [-0.1, -0.05) is 55.8 Å². The highest BCUT2D eigenvalue weighted by molar-refractivity contribution is 7.11. The molecule has 0 bridgehead atoms. The molecule has 1 heterocycles. The van der Waals surface area contributed by atoms with Gasteiger partial charge in [0.1, 0.15) is 11.1 Å². The van der Waals surface area contributed by atoms with Crippen molar-refractivity contribution in [1.29, 1.82) is 5.26 Å². The van der Waals surface area contributed by atoms with Crippen LogP contribution >= 0.6 is 11.3 Å². The highest BCUT2D eigenvalue weighted by Gasteiger charge is 2.32. The molecule has 0 saturated heterocycles. The maximum absolute atomic E-state index is 13.2. The molecule has 2 aromatic carbocycles. The fourth-order valence-corrected chi connectivity index (χ4v) is 3.73. The summed E-state index contributed by atoms with van der Waals surface area (Å²) in [4.78, 5) is 4.48. The summed E-state index contributed by atoms with van der Waals surface area (Å²) < 4.78 is 39.6. The average molecular weight is 412 g/mol. The number of aromatic nitrogens is 1. The van der Waals surface area contributed by atoms with E-state index in [-0.39, 0.29) is 11.1 Å². The van der Waals surface area contributed by atoms with Gasteiger partial charge in [-0.15, -0.1) is 11.3 Å². The summed E-state index contributed by atoms with van der Waals surface area (Å²) in [6.07, 6.45) is 0.0629. The standard InChI is InChI=1S/C23H19F3N2S/c1-2-3-6-16-9-11-17(12-10-16)21-15-29-22(28-21)19(14-27)13-18-7-4-5-8-20(18)23(24,25)26/h4-5,7-13,15H,2-3,6H2,1H3/b19-13-. The molecule has 29 heavy (non-hydrogen) atoms. The predicted molar refractivity (Wildman–Crippen MR) is 111 cm³/mol. The Balaban J connectivity index is 1.89. The zero-order chi connectivity index (χ0) is 20.9. The van der Waals surface area contributed by atoms with Gasteiger partial charge < -0.3 is 0 Å². The molecule has 3 rings (SSSR count). The van der Waals surface area contributed by atoms with Crippen molar-refractivity contribution in [2.24, 2.45) is 0 Å². The fourth-order valence-electron chi connectivity index (χ4n) is 2.93. The Morgan fingerprint density at radius 3 is 2.52 bits per heavy atom. The molecular formula is C23H19F3N2S. The number of thiazole rings is 1. The minimum absolute atomic E-state index is 0.0476. The van der Waals surface area contributed by atoms with Crippen LogP contribution in [0.5, 0.6) is 0 Å². The monoisotopic (exact) mass is 412 g/mol. The number of rotatable bonds is 6. The number of unbranched alkanes of at least 4 members (excludes halogenated alkanes) is 1. The largest absolute Gasteiger partial charge is 0.416 e. The zero-order valence-corrected chi connectivity index (χ0v) is 16.6. The van der Waals surface area contributed by atoms with Crippen molar-refractivity contribution in [2.75, 3.05) is 0 Å². The van der Waals surface area contributed by atoms with Gasteiger partial charge in [0.25, 0.3) is 0 Å². The molecule has 0 spiro atoms. The lowest BCUT2D eigenvalue weighted by molar-refractivity contribution is -0.137. The Morgan fingerprint density at radius 2 is 1.86 bits per heavy atom. The van der Waals surface area contributed by atoms with Gasteiger partial charge in [0.2, 0.25) is 0 Å². The summed E-state index contributed by atoms with van der Waals surface area (Å²) in [5.74, 6) is 0. The van der Waals surface area contributed by atoms with E-state index in [2.05, 4.69) is 24.0 Å². The summed E-state index contributed by atoms with van der Waals surface area (Å²) in [7, 11) is 0. The fraction of sp³-hybridized carbons (Fsp3) is 0.217. The first-order valence-electron chi connectivity index (χ1n) is 9.25. The molecule has 2 nitrogen and oxygen atoms in total. The molecule has 0 aliphatic heterocycles. The van der Waals surface area contributed by atoms with Crippen molar-refractivity contribution in [3.8, 4) is 17.3 Å². The third kappa shape index (κ3) is 5.12. The SMILES string of the molecule is CCCCc1ccc(-c2csc(/C(C#N)=C\c3ccccc3C(F)(F)F)n2)cc1. The second-order valence-corrected chi connectivity index (χ2v) is 7.45. The van der Waals surface area contributed by atoms with Crippen LogP contribution in [0.1, 0.15) is 41.5 Å². The number of nitrogens with zero attached hydrogens (tertiary/aromatic N) is 2. The molecular weight excluding hydrogens is 393 g/mol. The first-order chi connectivity index (χ1) is 13.9. The van der Waals surface area contributed by atoms with Crippen molar-refractivity contribution in [3.63, 3.8) is 0 Å². The van der Waals surface area contributed by atoms with Crippen LogP contribution < -0.4 is 0 Å². The number of aryl methyl sites for hydroxylation is 1. The van der Waals surface area contributed by atoms with E-state index in [4.69, 9.17) is 0 Å². The van der Waals surface area contributed by atoms with Gasteiger partial charge in [-0.05, 0) is 36.1 Å². The van der Waals surface area contributed by atoms with Crippen LogP contribution in [0.15, 0.2) is 53.9 Å². The highest BCUT2D eigenvalue weighted by atomic mass is 32.1. The maximum atomic E-state index is 13.2. The molecule has 6 heteroatoms. The van der Waals surface area contributed by atoms with Gasteiger partial charge in [-0.2, -0.15) is 18.4 Å². The highest BCUT2D eigenvalue weighted by Crippen LogP contribution is 2.34. The third-order valence-corrected chi connectivity index (χ3v) is 5.37. The number of benzene rings is 2. The number of hydrogen-bond donors (Lipinski definition) is 0. The van der Waals surface area contributed by atoms with E-state index in [1.54, 1.807) is 0 Å². The smallest absolute Gasteiger partial charge is 0.235 e. The Kier molecular flexibility index (Phi) is 6.50. The van der Waals surface area contributed by atoms with Crippen LogP contribution in [0.25, 0.3) is 22.9 Å². The van der Waals surface area contributed by atoms with E-state index in [0.29, 0.717) is 10.7 Å². The normalized spacial score (nSPS) is 12.0. The van der Waals surface area contributed by atoms with Gasteiger partial charge in [0.05, 0.1) is 16.8 Å². The topological polar surface area (TPSA) is 36.7 Å². The summed E-state index contributed by atoms with van der Waals surface area (Å²) >= 11 is 1.24. The van der Waals surface area contributed by atoms with E-state index in [0.717, 1.165) is 30.9 Å². The molecule has 0 aliphatic rings. The maximum Gasteiger partial charge on any atom is 0.416 e. The van der Waals surface area contributed by atoms with E-state index in [9.17, 15) is 18.4 Å². The van der Waals surface area contributed by atoms with E-state index >= 15 is 0 Å². The Morgan fingerprint density at radius 1 is 1.14 bits per heavy atom. The van der Waals surface area contributed by atoms with Crippen LogP contribution in [-0.2, 0) is 12.6 Å². The number of nitriles is 1. The van der Waals surface area contributed by atoms with Crippen LogP contribution in [-0.4, -0.2) is 4.98 Å². The van der Waals surface area contributed by atoms with E-state index in [1.165, 1.54) is 41.2 Å². The third-order valence-electron chi connectivity index (χ3n) is 4.49. The van der Waals surface area contributed by atoms with Crippen molar-refractivity contribution < 1.29 is 13.2 Å². The molecule has 0 radical (unpaired) electrons. The van der Waals surface area contributed by atoms with Crippen LogP contribution in [0.4, 0.5) is 13.2 Å². The van der Waals surface area contributed by atoms with Crippen molar-refractivity contribution in [3.05, 3.63) is 75.6 Å². The van der Waals surface area contributed by atoms with Crippen LogP contribution in [0, 0.1) is 11.3 Å². The van der Waals surface area contributed by atoms with Crippen LogP contribution in [0.3, 0.4) is 0 Å². The minimum Gasteiger partial charge on any atom is -0.235 e. The molecule has 148 valence electrons. The first-order valence-corrected chi connectivity index (χ1v) is 10.1. The second-order valence-electron chi connectivity index (χ2n) is 6.59. The Hall–Kier alpha value is -2.91. The van der Waals surface area contributed by atoms with Crippen molar-refractivity contribution in [2.45, 2.75) is 32.4 Å². The van der Waals surface area contributed by atoms with Gasteiger partial charge >= 0.3 is 6.18 Å². The molecule has 0 atom stereocenters. The molecule has 0 N–H and O–H groups in total. The lowest BCUT2D eigenvalue weighted by Crippen LogP contribution is -2.07. The summed E-state index contributed by atoms with van der Waals surface area (Å²) in [6, 6.07) is 15.3. The number of allylic oxidation sites excluding steroid dienone is 1. The molecule has 0 aliphatic carbocycles.